The summed E-state index contributed by atoms with van der Waals surface area (Å²) in [5, 5.41) is 0. The second kappa shape index (κ2) is 5.68. The third-order valence-corrected chi connectivity index (χ3v) is 2.76. The lowest BCUT2D eigenvalue weighted by molar-refractivity contribution is 0.190. The third-order valence-electron chi connectivity index (χ3n) is 1.76. The Morgan fingerprint density at radius 3 is 2.86 bits per heavy atom. The molecule has 0 unspecified atom stereocenters. The quantitative estimate of drug-likeness (QED) is 0.796. The highest BCUT2D eigenvalue weighted by atomic mass is 79.9. The van der Waals surface area contributed by atoms with Crippen LogP contribution < -0.4 is 5.56 Å². The minimum absolute atomic E-state index is 0.00990. The molecule has 1 aromatic rings. The lowest BCUT2D eigenvalue weighted by Gasteiger charge is -2.06. The van der Waals surface area contributed by atoms with Crippen LogP contribution in [0.4, 0.5) is 0 Å². The fourth-order valence-electron chi connectivity index (χ4n) is 1.11. The number of methoxy groups -OCH3 is 1. The predicted octanol–water partition coefficient (Wildman–Crippen LogP) is 2.41. The first-order chi connectivity index (χ1) is 6.65. The minimum Gasteiger partial charge on any atom is -0.385 e. The van der Waals surface area contributed by atoms with E-state index in [2.05, 4.69) is 31.9 Å². The van der Waals surface area contributed by atoms with Crippen molar-refractivity contribution in [3.63, 3.8) is 0 Å². The average Bonchev–Trinajstić information content (AvgIpc) is 2.13. The maximum absolute atomic E-state index is 11.6. The average molecular weight is 325 g/mol. The minimum atomic E-state index is -0.00990. The van der Waals surface area contributed by atoms with Gasteiger partial charge in [0.25, 0.3) is 5.56 Å². The van der Waals surface area contributed by atoms with E-state index in [-0.39, 0.29) is 5.56 Å². The number of halogens is 2. The van der Waals surface area contributed by atoms with Crippen LogP contribution >= 0.6 is 31.9 Å². The van der Waals surface area contributed by atoms with Gasteiger partial charge in [0, 0.05) is 30.9 Å². The van der Waals surface area contributed by atoms with Crippen molar-refractivity contribution in [1.82, 2.24) is 4.57 Å². The van der Waals surface area contributed by atoms with Crippen LogP contribution in [0.1, 0.15) is 6.42 Å². The van der Waals surface area contributed by atoms with Gasteiger partial charge in [0.05, 0.1) is 4.47 Å². The highest BCUT2D eigenvalue weighted by Gasteiger charge is 2.02. The first kappa shape index (κ1) is 11.9. The molecule has 0 atom stereocenters. The van der Waals surface area contributed by atoms with Crippen LogP contribution in [-0.2, 0) is 11.3 Å². The number of aromatic nitrogens is 1. The van der Waals surface area contributed by atoms with Gasteiger partial charge >= 0.3 is 0 Å². The van der Waals surface area contributed by atoms with E-state index in [9.17, 15) is 4.79 Å². The number of rotatable bonds is 4. The van der Waals surface area contributed by atoms with Crippen LogP contribution in [0.25, 0.3) is 0 Å². The molecule has 0 aliphatic carbocycles. The smallest absolute Gasteiger partial charge is 0.264 e. The van der Waals surface area contributed by atoms with Crippen molar-refractivity contribution in [3.8, 4) is 0 Å². The number of hydrogen-bond acceptors (Lipinski definition) is 2. The van der Waals surface area contributed by atoms with Gasteiger partial charge in [-0.1, -0.05) is 0 Å². The Hall–Kier alpha value is -0.130. The summed E-state index contributed by atoms with van der Waals surface area (Å²) in [6.07, 6.45) is 2.61. The SMILES string of the molecule is COCCCn1cc(Br)cc(Br)c1=O. The molecule has 0 fully saturated rings. The summed E-state index contributed by atoms with van der Waals surface area (Å²) in [6, 6.07) is 1.75. The summed E-state index contributed by atoms with van der Waals surface area (Å²) in [5.41, 5.74) is -0.00990. The van der Waals surface area contributed by atoms with Gasteiger partial charge in [-0.2, -0.15) is 0 Å². The Labute approximate surface area is 99.3 Å². The van der Waals surface area contributed by atoms with Gasteiger partial charge in [0.15, 0.2) is 0 Å². The number of ether oxygens (including phenoxy) is 1. The van der Waals surface area contributed by atoms with Gasteiger partial charge in [-0.25, -0.2) is 0 Å². The third kappa shape index (κ3) is 3.22. The maximum atomic E-state index is 11.6. The van der Waals surface area contributed by atoms with E-state index in [4.69, 9.17) is 4.74 Å². The Morgan fingerprint density at radius 2 is 2.21 bits per heavy atom. The van der Waals surface area contributed by atoms with Gasteiger partial charge in [0.1, 0.15) is 0 Å². The van der Waals surface area contributed by atoms with Gasteiger partial charge in [0.2, 0.25) is 0 Å². The van der Waals surface area contributed by atoms with Crippen molar-refractivity contribution >= 4 is 31.9 Å². The van der Waals surface area contributed by atoms with Crippen LogP contribution in [0.5, 0.6) is 0 Å². The second-order valence-electron chi connectivity index (χ2n) is 2.85. The molecule has 0 spiro atoms. The van der Waals surface area contributed by atoms with Gasteiger partial charge in [-0.05, 0) is 44.3 Å². The van der Waals surface area contributed by atoms with Crippen molar-refractivity contribution in [1.29, 1.82) is 0 Å². The molecular weight excluding hydrogens is 314 g/mol. The molecule has 0 saturated carbocycles. The number of hydrogen-bond donors (Lipinski definition) is 0. The van der Waals surface area contributed by atoms with Crippen LogP contribution in [0.2, 0.25) is 0 Å². The zero-order valence-corrected chi connectivity index (χ0v) is 11.0. The Kier molecular flexibility index (Phi) is 4.84. The van der Waals surface area contributed by atoms with E-state index in [1.165, 1.54) is 0 Å². The largest absolute Gasteiger partial charge is 0.385 e. The molecule has 14 heavy (non-hydrogen) atoms. The monoisotopic (exact) mass is 323 g/mol. The molecule has 0 N–H and O–H groups in total. The Bertz CT molecular complexity index is 362. The van der Waals surface area contributed by atoms with E-state index in [1.54, 1.807) is 23.9 Å². The molecule has 1 rings (SSSR count). The fraction of sp³-hybridized carbons (Fsp3) is 0.444. The summed E-state index contributed by atoms with van der Waals surface area (Å²) in [5.74, 6) is 0. The van der Waals surface area contributed by atoms with Gasteiger partial charge in [-0.3, -0.25) is 4.79 Å². The Balaban J connectivity index is 2.81. The molecular formula is C9H11Br2NO2. The Morgan fingerprint density at radius 1 is 1.50 bits per heavy atom. The molecule has 1 heterocycles. The molecule has 0 aliphatic heterocycles. The summed E-state index contributed by atoms with van der Waals surface area (Å²) in [4.78, 5) is 11.6. The zero-order valence-electron chi connectivity index (χ0n) is 7.80. The lowest BCUT2D eigenvalue weighted by atomic mass is 10.4. The van der Waals surface area contributed by atoms with Crippen LogP contribution in [-0.4, -0.2) is 18.3 Å². The molecule has 3 nitrogen and oxygen atoms in total. The molecule has 0 bridgehead atoms. The molecule has 1 aromatic heterocycles. The molecule has 0 amide bonds. The number of nitrogens with zero attached hydrogens (tertiary/aromatic N) is 1. The fourth-order valence-corrected chi connectivity index (χ4v) is 2.37. The van der Waals surface area contributed by atoms with E-state index in [0.717, 1.165) is 10.9 Å². The standard InChI is InChI=1S/C9H11Br2NO2/c1-14-4-2-3-12-6-7(10)5-8(11)9(12)13/h5-6H,2-4H2,1H3. The summed E-state index contributed by atoms with van der Waals surface area (Å²) in [6.45, 7) is 1.33. The van der Waals surface area contributed by atoms with E-state index >= 15 is 0 Å². The molecule has 0 aliphatic rings. The normalized spacial score (nSPS) is 10.5. The van der Waals surface area contributed by atoms with Crippen LogP contribution in [0.3, 0.4) is 0 Å². The van der Waals surface area contributed by atoms with Crippen LogP contribution in [0, 0.1) is 0 Å². The first-order valence-electron chi connectivity index (χ1n) is 4.19. The summed E-state index contributed by atoms with van der Waals surface area (Å²) >= 11 is 6.55. The highest BCUT2D eigenvalue weighted by molar-refractivity contribution is 9.11. The van der Waals surface area contributed by atoms with E-state index in [1.807, 2.05) is 0 Å². The summed E-state index contributed by atoms with van der Waals surface area (Å²) < 4.78 is 8.05. The maximum Gasteiger partial charge on any atom is 0.264 e. The first-order valence-corrected chi connectivity index (χ1v) is 5.78. The molecule has 0 aromatic carbocycles. The van der Waals surface area contributed by atoms with E-state index < -0.39 is 0 Å². The summed E-state index contributed by atoms with van der Waals surface area (Å²) in [7, 11) is 1.65. The van der Waals surface area contributed by atoms with E-state index in [0.29, 0.717) is 17.6 Å². The van der Waals surface area contributed by atoms with Crippen molar-refractivity contribution in [3.05, 3.63) is 31.6 Å². The molecule has 0 saturated heterocycles. The van der Waals surface area contributed by atoms with Crippen molar-refractivity contribution in [2.45, 2.75) is 13.0 Å². The molecule has 5 heteroatoms. The predicted molar refractivity (Wildman–Crippen MR) is 62.6 cm³/mol. The highest BCUT2D eigenvalue weighted by Crippen LogP contribution is 2.12. The molecule has 78 valence electrons. The number of aryl methyl sites for hydroxylation is 1. The lowest BCUT2D eigenvalue weighted by Crippen LogP contribution is -2.20. The van der Waals surface area contributed by atoms with Gasteiger partial charge in [-0.15, -0.1) is 0 Å². The number of pyridine rings is 1. The van der Waals surface area contributed by atoms with Crippen molar-refractivity contribution in [2.75, 3.05) is 13.7 Å². The zero-order chi connectivity index (χ0) is 10.6. The molecule has 0 radical (unpaired) electrons. The van der Waals surface area contributed by atoms with Crippen LogP contribution in [0.15, 0.2) is 26.0 Å². The van der Waals surface area contributed by atoms with Gasteiger partial charge < -0.3 is 9.30 Å². The van der Waals surface area contributed by atoms with Crippen molar-refractivity contribution in [2.24, 2.45) is 0 Å². The topological polar surface area (TPSA) is 31.2 Å². The van der Waals surface area contributed by atoms with Crippen molar-refractivity contribution < 1.29 is 4.74 Å². The second-order valence-corrected chi connectivity index (χ2v) is 4.62.